The standard InChI is InChI=1S/C16H24N2O2/c1-4-5-11-18-13(12(2)3)14(19)17-16(15(18)20)9-7-6-8-10-16/h1,12-13H,5-11H2,2-3H3,(H,17,19). The molecule has 0 aromatic heterocycles. The van der Waals surface area contributed by atoms with Crippen LogP contribution in [0, 0.1) is 18.3 Å². The van der Waals surface area contributed by atoms with Gasteiger partial charge < -0.3 is 10.2 Å². The molecule has 1 aliphatic heterocycles. The molecule has 0 aromatic rings. The highest BCUT2D eigenvalue weighted by Crippen LogP contribution is 2.34. The van der Waals surface area contributed by atoms with Crippen molar-refractivity contribution in [3.05, 3.63) is 0 Å². The van der Waals surface area contributed by atoms with Gasteiger partial charge >= 0.3 is 0 Å². The summed E-state index contributed by atoms with van der Waals surface area (Å²) in [6, 6.07) is -0.386. The van der Waals surface area contributed by atoms with Crippen LogP contribution in [0.1, 0.15) is 52.4 Å². The Kier molecular flexibility index (Phi) is 4.37. The molecule has 2 amide bonds. The first-order valence-electron chi connectivity index (χ1n) is 7.58. The lowest BCUT2D eigenvalue weighted by Crippen LogP contribution is -2.71. The minimum Gasteiger partial charge on any atom is -0.340 e. The minimum atomic E-state index is -0.657. The fourth-order valence-electron chi connectivity index (χ4n) is 3.49. The van der Waals surface area contributed by atoms with Crippen molar-refractivity contribution >= 4 is 11.8 Å². The fourth-order valence-corrected chi connectivity index (χ4v) is 3.49. The molecule has 0 bridgehead atoms. The van der Waals surface area contributed by atoms with Gasteiger partial charge in [-0.3, -0.25) is 9.59 Å². The van der Waals surface area contributed by atoms with E-state index in [0.717, 1.165) is 32.1 Å². The second-order valence-corrected chi connectivity index (χ2v) is 6.27. The number of carbonyl (C=O) groups is 2. The van der Waals surface area contributed by atoms with E-state index in [1.807, 2.05) is 13.8 Å². The van der Waals surface area contributed by atoms with E-state index in [1.54, 1.807) is 4.90 Å². The second-order valence-electron chi connectivity index (χ2n) is 6.27. The van der Waals surface area contributed by atoms with Gasteiger partial charge in [-0.05, 0) is 18.8 Å². The van der Waals surface area contributed by atoms with E-state index in [9.17, 15) is 9.59 Å². The van der Waals surface area contributed by atoms with Crippen molar-refractivity contribution in [3.8, 4) is 12.3 Å². The minimum absolute atomic E-state index is 0.0153. The maximum absolute atomic E-state index is 12.9. The van der Waals surface area contributed by atoms with Gasteiger partial charge in [0.1, 0.15) is 11.6 Å². The molecule has 2 fully saturated rings. The third kappa shape index (κ3) is 2.54. The molecule has 1 saturated heterocycles. The van der Waals surface area contributed by atoms with Gasteiger partial charge in [0, 0.05) is 13.0 Å². The summed E-state index contributed by atoms with van der Waals surface area (Å²) in [7, 11) is 0. The smallest absolute Gasteiger partial charge is 0.249 e. The van der Waals surface area contributed by atoms with E-state index in [-0.39, 0.29) is 23.8 Å². The van der Waals surface area contributed by atoms with Crippen molar-refractivity contribution in [3.63, 3.8) is 0 Å². The molecule has 2 aliphatic rings. The molecular weight excluding hydrogens is 252 g/mol. The van der Waals surface area contributed by atoms with Gasteiger partial charge in [-0.1, -0.05) is 33.1 Å². The Morgan fingerprint density at radius 2 is 2.00 bits per heavy atom. The maximum atomic E-state index is 12.9. The van der Waals surface area contributed by atoms with Crippen LogP contribution < -0.4 is 5.32 Å². The average Bonchev–Trinajstić information content (AvgIpc) is 2.41. The van der Waals surface area contributed by atoms with Gasteiger partial charge in [-0.2, -0.15) is 0 Å². The topological polar surface area (TPSA) is 49.4 Å². The van der Waals surface area contributed by atoms with Gasteiger partial charge in [0.2, 0.25) is 11.8 Å². The van der Waals surface area contributed by atoms with Crippen molar-refractivity contribution < 1.29 is 9.59 Å². The Morgan fingerprint density at radius 1 is 1.35 bits per heavy atom. The predicted octanol–water partition coefficient (Wildman–Crippen LogP) is 1.70. The van der Waals surface area contributed by atoms with Crippen LogP contribution in [0.3, 0.4) is 0 Å². The molecule has 110 valence electrons. The molecule has 2 rings (SSSR count). The fraction of sp³-hybridized carbons (Fsp3) is 0.750. The van der Waals surface area contributed by atoms with Crippen molar-refractivity contribution in [2.24, 2.45) is 5.92 Å². The number of nitrogens with zero attached hydrogens (tertiary/aromatic N) is 1. The van der Waals surface area contributed by atoms with E-state index in [1.165, 1.54) is 0 Å². The molecule has 1 unspecified atom stereocenters. The van der Waals surface area contributed by atoms with E-state index in [0.29, 0.717) is 13.0 Å². The second kappa shape index (κ2) is 5.87. The highest BCUT2D eigenvalue weighted by molar-refractivity contribution is 6.00. The number of hydrogen-bond donors (Lipinski definition) is 1. The van der Waals surface area contributed by atoms with Crippen LogP contribution in [0.4, 0.5) is 0 Å². The number of piperazine rings is 1. The third-order valence-corrected chi connectivity index (χ3v) is 4.47. The molecule has 1 aliphatic carbocycles. The average molecular weight is 276 g/mol. The molecule has 1 spiro atoms. The lowest BCUT2D eigenvalue weighted by molar-refractivity contribution is -0.158. The summed E-state index contributed by atoms with van der Waals surface area (Å²) in [6.45, 7) is 4.42. The van der Waals surface area contributed by atoms with Gasteiger partial charge in [0.25, 0.3) is 0 Å². The monoisotopic (exact) mass is 276 g/mol. The molecule has 0 aromatic carbocycles. The van der Waals surface area contributed by atoms with E-state index in [2.05, 4.69) is 11.2 Å². The van der Waals surface area contributed by atoms with Crippen molar-refractivity contribution in [2.45, 2.75) is 64.0 Å². The zero-order chi connectivity index (χ0) is 14.8. The summed E-state index contributed by atoms with van der Waals surface area (Å²) in [5.74, 6) is 2.73. The van der Waals surface area contributed by atoms with Crippen LogP contribution in [-0.2, 0) is 9.59 Å². The Balaban J connectivity index is 2.28. The number of amides is 2. The van der Waals surface area contributed by atoms with Crippen LogP contribution in [0.15, 0.2) is 0 Å². The van der Waals surface area contributed by atoms with Gasteiger partial charge in [0.15, 0.2) is 0 Å². The normalized spacial score (nSPS) is 25.7. The number of carbonyl (C=O) groups excluding carboxylic acids is 2. The first-order chi connectivity index (χ1) is 9.52. The Bertz CT molecular complexity index is 430. The lowest BCUT2D eigenvalue weighted by atomic mass is 9.77. The summed E-state index contributed by atoms with van der Waals surface area (Å²) in [5, 5.41) is 3.04. The number of hydrogen-bond acceptors (Lipinski definition) is 2. The van der Waals surface area contributed by atoms with Crippen molar-refractivity contribution in [1.82, 2.24) is 10.2 Å². The van der Waals surface area contributed by atoms with E-state index in [4.69, 9.17) is 6.42 Å². The molecular formula is C16H24N2O2. The molecule has 1 atom stereocenters. The van der Waals surface area contributed by atoms with Gasteiger partial charge in [0.05, 0.1) is 0 Å². The number of terminal acetylenes is 1. The van der Waals surface area contributed by atoms with Gasteiger partial charge in [-0.15, -0.1) is 12.3 Å². The van der Waals surface area contributed by atoms with Crippen LogP contribution in [0.2, 0.25) is 0 Å². The number of nitrogens with one attached hydrogen (secondary N) is 1. The highest BCUT2D eigenvalue weighted by Gasteiger charge is 2.51. The Hall–Kier alpha value is -1.50. The van der Waals surface area contributed by atoms with E-state index >= 15 is 0 Å². The summed E-state index contributed by atoms with van der Waals surface area (Å²) in [6.07, 6.45) is 10.5. The lowest BCUT2D eigenvalue weighted by Gasteiger charge is -2.48. The number of rotatable bonds is 3. The van der Waals surface area contributed by atoms with Crippen LogP contribution in [-0.4, -0.2) is 34.8 Å². The molecule has 4 heteroatoms. The first kappa shape index (κ1) is 14.9. The summed E-state index contributed by atoms with van der Waals surface area (Å²) in [5.41, 5.74) is -0.657. The van der Waals surface area contributed by atoms with Crippen LogP contribution >= 0.6 is 0 Å². The molecule has 1 N–H and O–H groups in total. The van der Waals surface area contributed by atoms with Gasteiger partial charge in [-0.25, -0.2) is 0 Å². The van der Waals surface area contributed by atoms with E-state index < -0.39 is 5.54 Å². The molecule has 1 heterocycles. The van der Waals surface area contributed by atoms with Crippen LogP contribution in [0.5, 0.6) is 0 Å². The summed E-state index contributed by atoms with van der Waals surface area (Å²) in [4.78, 5) is 27.1. The third-order valence-electron chi connectivity index (χ3n) is 4.47. The zero-order valence-electron chi connectivity index (χ0n) is 12.4. The summed E-state index contributed by atoms with van der Waals surface area (Å²) >= 11 is 0. The Morgan fingerprint density at radius 3 is 2.55 bits per heavy atom. The quantitative estimate of drug-likeness (QED) is 0.798. The SMILES string of the molecule is C#CCCN1C(=O)C2(CCCCC2)NC(=O)C1C(C)C. The predicted molar refractivity (Wildman–Crippen MR) is 77.7 cm³/mol. The van der Waals surface area contributed by atoms with Crippen molar-refractivity contribution in [2.75, 3.05) is 6.54 Å². The largest absolute Gasteiger partial charge is 0.340 e. The molecule has 4 nitrogen and oxygen atoms in total. The Labute approximate surface area is 121 Å². The first-order valence-corrected chi connectivity index (χ1v) is 7.58. The summed E-state index contributed by atoms with van der Waals surface area (Å²) < 4.78 is 0. The maximum Gasteiger partial charge on any atom is 0.249 e. The van der Waals surface area contributed by atoms with Crippen LogP contribution in [0.25, 0.3) is 0 Å². The van der Waals surface area contributed by atoms with Crippen molar-refractivity contribution in [1.29, 1.82) is 0 Å². The molecule has 0 radical (unpaired) electrons. The highest BCUT2D eigenvalue weighted by atomic mass is 16.2. The molecule has 20 heavy (non-hydrogen) atoms. The zero-order valence-corrected chi connectivity index (χ0v) is 12.4. The molecule has 1 saturated carbocycles.